The van der Waals surface area contributed by atoms with Crippen molar-refractivity contribution in [2.75, 3.05) is 13.7 Å². The average Bonchev–Trinajstić information content (AvgIpc) is 2.88. The van der Waals surface area contributed by atoms with Gasteiger partial charge in [-0.3, -0.25) is 0 Å². The maximum atomic E-state index is 6.12. The molecule has 0 radical (unpaired) electrons. The molecule has 0 unspecified atom stereocenters. The molecule has 5 heteroatoms. The summed E-state index contributed by atoms with van der Waals surface area (Å²) in [4.78, 5) is 4.67. The highest BCUT2D eigenvalue weighted by molar-refractivity contribution is 6.31. The number of fused-ring (bicyclic) bond motifs is 1. The Bertz CT molecular complexity index is 814. The number of nitrogens with zero attached hydrogens (tertiary/aromatic N) is 2. The lowest BCUT2D eigenvalue weighted by molar-refractivity contribution is 0.185. The highest BCUT2D eigenvalue weighted by atomic mass is 35.5. The van der Waals surface area contributed by atoms with Crippen LogP contribution < -0.4 is 4.74 Å². The summed E-state index contributed by atoms with van der Waals surface area (Å²) in [5, 5.41) is 0.696. The van der Waals surface area contributed by atoms with Gasteiger partial charge >= 0.3 is 0 Å². The molecule has 0 amide bonds. The molecule has 0 fully saturated rings. The number of aromatic nitrogens is 2. The number of hydrogen-bond donors (Lipinski definition) is 0. The number of methoxy groups -OCH3 is 1. The molecular weight excluding hydrogens is 312 g/mol. The first-order chi connectivity index (χ1) is 11.2. The molecular formula is C18H19ClN2O2. The van der Waals surface area contributed by atoms with Crippen molar-refractivity contribution in [3.8, 4) is 5.75 Å². The highest BCUT2D eigenvalue weighted by Crippen LogP contribution is 2.22. The molecule has 0 aliphatic carbocycles. The van der Waals surface area contributed by atoms with Crippen molar-refractivity contribution >= 4 is 22.6 Å². The van der Waals surface area contributed by atoms with Crippen molar-refractivity contribution in [1.82, 2.24) is 9.55 Å². The fourth-order valence-corrected chi connectivity index (χ4v) is 2.71. The predicted molar refractivity (Wildman–Crippen MR) is 92.1 cm³/mol. The van der Waals surface area contributed by atoms with Gasteiger partial charge in [0.2, 0.25) is 0 Å². The van der Waals surface area contributed by atoms with Gasteiger partial charge in [0.25, 0.3) is 0 Å². The van der Waals surface area contributed by atoms with Crippen LogP contribution in [-0.4, -0.2) is 23.3 Å². The molecule has 23 heavy (non-hydrogen) atoms. The van der Waals surface area contributed by atoms with Crippen LogP contribution in [0.1, 0.15) is 11.4 Å². The van der Waals surface area contributed by atoms with E-state index in [9.17, 15) is 0 Å². The van der Waals surface area contributed by atoms with Crippen LogP contribution in [0.4, 0.5) is 0 Å². The minimum atomic E-state index is 0.402. The molecule has 0 N–H and O–H groups in total. The molecule has 1 aromatic heterocycles. The number of hydrogen-bond acceptors (Lipinski definition) is 3. The van der Waals surface area contributed by atoms with Crippen LogP contribution in [-0.2, 0) is 17.9 Å². The molecule has 0 saturated carbocycles. The van der Waals surface area contributed by atoms with Gasteiger partial charge in [-0.15, -0.1) is 0 Å². The predicted octanol–water partition coefficient (Wildman–Crippen LogP) is 4.22. The fourth-order valence-electron chi connectivity index (χ4n) is 2.54. The lowest BCUT2D eigenvalue weighted by Crippen LogP contribution is -2.10. The van der Waals surface area contributed by atoms with Crippen molar-refractivity contribution < 1.29 is 9.47 Å². The van der Waals surface area contributed by atoms with Crippen LogP contribution in [0.2, 0.25) is 5.02 Å². The Morgan fingerprint density at radius 1 is 1.17 bits per heavy atom. The molecule has 3 aromatic rings. The van der Waals surface area contributed by atoms with Crippen LogP contribution in [0, 0.1) is 6.92 Å². The van der Waals surface area contributed by atoms with Crippen molar-refractivity contribution in [1.29, 1.82) is 0 Å². The van der Waals surface area contributed by atoms with Gasteiger partial charge in [-0.1, -0.05) is 23.7 Å². The zero-order valence-electron chi connectivity index (χ0n) is 13.3. The maximum Gasteiger partial charge on any atom is 0.148 e. The van der Waals surface area contributed by atoms with Gasteiger partial charge < -0.3 is 14.0 Å². The van der Waals surface area contributed by atoms with Gasteiger partial charge in [0.15, 0.2) is 0 Å². The first-order valence-corrected chi connectivity index (χ1v) is 7.88. The SMILES string of the molecule is COCCn1c(COc2cccc(C)c2)nc2ccc(Cl)cc21. The number of halogens is 1. The van der Waals surface area contributed by atoms with E-state index >= 15 is 0 Å². The second kappa shape index (κ2) is 7.02. The second-order valence-corrected chi connectivity index (χ2v) is 5.85. The van der Waals surface area contributed by atoms with Crippen LogP contribution in [0.3, 0.4) is 0 Å². The summed E-state index contributed by atoms with van der Waals surface area (Å²) in [6.07, 6.45) is 0. The zero-order valence-corrected chi connectivity index (χ0v) is 14.0. The Hall–Kier alpha value is -2.04. The molecule has 120 valence electrons. The summed E-state index contributed by atoms with van der Waals surface area (Å²) in [7, 11) is 1.69. The van der Waals surface area contributed by atoms with Crippen molar-refractivity contribution in [3.63, 3.8) is 0 Å². The van der Waals surface area contributed by atoms with Gasteiger partial charge in [0.1, 0.15) is 18.2 Å². The lowest BCUT2D eigenvalue weighted by Gasteiger charge is -2.10. The number of rotatable bonds is 6. The average molecular weight is 331 g/mol. The zero-order chi connectivity index (χ0) is 16.2. The quantitative estimate of drug-likeness (QED) is 0.679. The lowest BCUT2D eigenvalue weighted by atomic mass is 10.2. The summed E-state index contributed by atoms with van der Waals surface area (Å²) >= 11 is 6.12. The molecule has 0 atom stereocenters. The van der Waals surface area contributed by atoms with E-state index in [1.807, 2.05) is 49.4 Å². The van der Waals surface area contributed by atoms with Gasteiger partial charge in [-0.05, 0) is 42.8 Å². The van der Waals surface area contributed by atoms with Gasteiger partial charge in [-0.2, -0.15) is 0 Å². The summed E-state index contributed by atoms with van der Waals surface area (Å²) in [5.74, 6) is 1.70. The third-order valence-electron chi connectivity index (χ3n) is 3.67. The van der Waals surface area contributed by atoms with E-state index < -0.39 is 0 Å². The topological polar surface area (TPSA) is 36.3 Å². The normalized spacial score (nSPS) is 11.1. The number of aryl methyl sites for hydroxylation is 1. The summed E-state index contributed by atoms with van der Waals surface area (Å²) in [6.45, 7) is 3.76. The van der Waals surface area contributed by atoms with Gasteiger partial charge in [0, 0.05) is 18.7 Å². The third-order valence-corrected chi connectivity index (χ3v) is 3.90. The van der Waals surface area contributed by atoms with Crippen LogP contribution >= 0.6 is 11.6 Å². The molecule has 2 aromatic carbocycles. The van der Waals surface area contributed by atoms with Crippen LogP contribution in [0.15, 0.2) is 42.5 Å². The monoisotopic (exact) mass is 330 g/mol. The van der Waals surface area contributed by atoms with E-state index in [0.29, 0.717) is 24.8 Å². The molecule has 0 bridgehead atoms. The standard InChI is InChI=1S/C18H19ClN2O2/c1-13-4-3-5-15(10-13)23-12-18-20-16-7-6-14(19)11-17(16)21(18)8-9-22-2/h3-7,10-11H,8-9,12H2,1-2H3. The Labute approximate surface area is 140 Å². The Balaban J connectivity index is 1.89. The van der Waals surface area contributed by atoms with Crippen molar-refractivity contribution in [2.45, 2.75) is 20.1 Å². The first kappa shape index (κ1) is 15.8. The van der Waals surface area contributed by atoms with Crippen molar-refractivity contribution in [2.24, 2.45) is 0 Å². The van der Waals surface area contributed by atoms with E-state index in [2.05, 4.69) is 9.55 Å². The molecule has 4 nitrogen and oxygen atoms in total. The summed E-state index contributed by atoms with van der Waals surface area (Å²) in [5.41, 5.74) is 3.08. The first-order valence-electron chi connectivity index (χ1n) is 7.50. The fraction of sp³-hybridized carbons (Fsp3) is 0.278. The largest absolute Gasteiger partial charge is 0.486 e. The number of imidazole rings is 1. The summed E-state index contributed by atoms with van der Waals surface area (Å²) in [6, 6.07) is 13.7. The maximum absolute atomic E-state index is 6.12. The molecule has 3 rings (SSSR count). The van der Waals surface area contributed by atoms with E-state index in [0.717, 1.165) is 22.6 Å². The van der Waals surface area contributed by atoms with E-state index in [4.69, 9.17) is 21.1 Å². The Kier molecular flexibility index (Phi) is 4.84. The van der Waals surface area contributed by atoms with E-state index in [1.165, 1.54) is 5.56 Å². The van der Waals surface area contributed by atoms with Gasteiger partial charge in [0.05, 0.1) is 17.6 Å². The summed E-state index contributed by atoms with van der Waals surface area (Å²) < 4.78 is 13.2. The minimum Gasteiger partial charge on any atom is -0.486 e. The smallest absolute Gasteiger partial charge is 0.148 e. The second-order valence-electron chi connectivity index (χ2n) is 5.41. The molecule has 0 spiro atoms. The molecule has 1 heterocycles. The van der Waals surface area contributed by atoms with E-state index in [1.54, 1.807) is 7.11 Å². The number of benzene rings is 2. The minimum absolute atomic E-state index is 0.402. The molecule has 0 saturated heterocycles. The van der Waals surface area contributed by atoms with Crippen LogP contribution in [0.25, 0.3) is 11.0 Å². The van der Waals surface area contributed by atoms with Gasteiger partial charge in [-0.25, -0.2) is 4.98 Å². The molecule has 0 aliphatic rings. The van der Waals surface area contributed by atoms with Crippen LogP contribution in [0.5, 0.6) is 5.75 Å². The third kappa shape index (κ3) is 3.66. The molecule has 0 aliphatic heterocycles. The number of ether oxygens (including phenoxy) is 2. The Morgan fingerprint density at radius 2 is 2.04 bits per heavy atom. The Morgan fingerprint density at radius 3 is 2.83 bits per heavy atom. The van der Waals surface area contributed by atoms with E-state index in [-0.39, 0.29) is 0 Å². The van der Waals surface area contributed by atoms with Crippen molar-refractivity contribution in [3.05, 3.63) is 58.9 Å². The highest BCUT2D eigenvalue weighted by Gasteiger charge is 2.12.